The minimum Gasteiger partial charge on any atom is -0.380 e. The van der Waals surface area contributed by atoms with Gasteiger partial charge in [0, 0.05) is 25.2 Å². The molecule has 0 saturated heterocycles. The molecule has 0 saturated carbocycles. The van der Waals surface area contributed by atoms with Gasteiger partial charge in [-0.2, -0.15) is 0 Å². The number of hydrogen-bond donors (Lipinski definition) is 1. The smallest absolute Gasteiger partial charge is 0.0593 e. The van der Waals surface area contributed by atoms with E-state index in [2.05, 4.69) is 38.0 Å². The molecular formula is C13H30N2O. The van der Waals surface area contributed by atoms with Crippen LogP contribution in [0, 0.1) is 0 Å². The Morgan fingerprint density at radius 1 is 1.25 bits per heavy atom. The first-order valence-electron chi connectivity index (χ1n) is 6.59. The fourth-order valence-corrected chi connectivity index (χ4v) is 1.58. The van der Waals surface area contributed by atoms with Crippen molar-refractivity contribution in [2.75, 3.05) is 33.4 Å². The van der Waals surface area contributed by atoms with Gasteiger partial charge in [0.1, 0.15) is 0 Å². The Balaban J connectivity index is 3.43. The molecular weight excluding hydrogens is 200 g/mol. The molecule has 3 heteroatoms. The summed E-state index contributed by atoms with van der Waals surface area (Å²) in [5.74, 6) is 0. The molecule has 98 valence electrons. The van der Waals surface area contributed by atoms with Gasteiger partial charge in [0.25, 0.3) is 0 Å². The van der Waals surface area contributed by atoms with E-state index in [0.29, 0.717) is 12.1 Å². The molecule has 0 aliphatic carbocycles. The number of nitrogens with zero attached hydrogens (tertiary/aromatic N) is 1. The molecule has 0 amide bonds. The van der Waals surface area contributed by atoms with E-state index in [1.54, 1.807) is 0 Å². The van der Waals surface area contributed by atoms with Gasteiger partial charge < -0.3 is 15.0 Å². The van der Waals surface area contributed by atoms with Crippen molar-refractivity contribution in [3.05, 3.63) is 0 Å². The maximum Gasteiger partial charge on any atom is 0.0593 e. The van der Waals surface area contributed by atoms with E-state index in [1.165, 1.54) is 12.8 Å². The molecule has 1 N–H and O–H groups in total. The summed E-state index contributed by atoms with van der Waals surface area (Å²) in [6.07, 6.45) is 2.50. The van der Waals surface area contributed by atoms with Crippen LogP contribution in [0.5, 0.6) is 0 Å². The fourth-order valence-electron chi connectivity index (χ4n) is 1.58. The quantitative estimate of drug-likeness (QED) is 0.582. The third-order valence-corrected chi connectivity index (χ3v) is 2.90. The largest absolute Gasteiger partial charge is 0.380 e. The van der Waals surface area contributed by atoms with E-state index in [1.807, 2.05) is 6.92 Å². The highest BCUT2D eigenvalue weighted by Gasteiger charge is 2.08. The first-order chi connectivity index (χ1) is 7.57. The molecule has 0 aliphatic heterocycles. The highest BCUT2D eigenvalue weighted by atomic mass is 16.5. The summed E-state index contributed by atoms with van der Waals surface area (Å²) in [6, 6.07) is 1.25. The third kappa shape index (κ3) is 9.13. The number of rotatable bonds is 10. The number of hydrogen-bond acceptors (Lipinski definition) is 3. The third-order valence-electron chi connectivity index (χ3n) is 2.90. The zero-order valence-corrected chi connectivity index (χ0v) is 11.8. The Morgan fingerprint density at radius 3 is 2.50 bits per heavy atom. The number of likely N-dealkylation sites (N-methyl/N-ethyl adjacent to an activating group) is 1. The molecule has 0 aliphatic rings. The SMILES string of the molecule is CCOCCN(C)C(C)CCCNC(C)C. The molecule has 0 aromatic carbocycles. The van der Waals surface area contributed by atoms with Crippen LogP contribution in [-0.2, 0) is 4.74 Å². The molecule has 0 rings (SSSR count). The van der Waals surface area contributed by atoms with E-state index in [4.69, 9.17) is 4.74 Å². The lowest BCUT2D eigenvalue weighted by Gasteiger charge is -2.24. The summed E-state index contributed by atoms with van der Waals surface area (Å²) in [5, 5.41) is 3.45. The van der Waals surface area contributed by atoms with Crippen molar-refractivity contribution in [2.45, 2.75) is 52.6 Å². The second kappa shape index (κ2) is 10.1. The van der Waals surface area contributed by atoms with Crippen LogP contribution in [0.25, 0.3) is 0 Å². The van der Waals surface area contributed by atoms with Crippen molar-refractivity contribution < 1.29 is 4.74 Å². The summed E-state index contributed by atoms with van der Waals surface area (Å²) in [7, 11) is 2.18. The van der Waals surface area contributed by atoms with Crippen LogP contribution in [0.1, 0.15) is 40.5 Å². The fraction of sp³-hybridized carbons (Fsp3) is 1.00. The van der Waals surface area contributed by atoms with Gasteiger partial charge in [-0.3, -0.25) is 0 Å². The zero-order valence-electron chi connectivity index (χ0n) is 11.8. The Kier molecular flexibility index (Phi) is 9.99. The van der Waals surface area contributed by atoms with E-state index >= 15 is 0 Å². The van der Waals surface area contributed by atoms with Gasteiger partial charge in [0.05, 0.1) is 6.61 Å². The van der Waals surface area contributed by atoms with E-state index in [-0.39, 0.29) is 0 Å². The molecule has 0 spiro atoms. The molecule has 0 radical (unpaired) electrons. The lowest BCUT2D eigenvalue weighted by molar-refractivity contribution is 0.108. The van der Waals surface area contributed by atoms with Crippen LogP contribution < -0.4 is 5.32 Å². The van der Waals surface area contributed by atoms with Gasteiger partial charge in [0.15, 0.2) is 0 Å². The first kappa shape index (κ1) is 15.9. The molecule has 0 aromatic heterocycles. The first-order valence-corrected chi connectivity index (χ1v) is 6.59. The van der Waals surface area contributed by atoms with Gasteiger partial charge >= 0.3 is 0 Å². The van der Waals surface area contributed by atoms with Crippen LogP contribution in [-0.4, -0.2) is 50.3 Å². The Morgan fingerprint density at radius 2 is 1.94 bits per heavy atom. The van der Waals surface area contributed by atoms with Gasteiger partial charge in [0.2, 0.25) is 0 Å². The molecule has 3 nitrogen and oxygen atoms in total. The average Bonchev–Trinajstić information content (AvgIpc) is 2.24. The highest BCUT2D eigenvalue weighted by Crippen LogP contribution is 2.03. The van der Waals surface area contributed by atoms with Crippen molar-refractivity contribution in [2.24, 2.45) is 0 Å². The molecule has 0 aromatic rings. The number of nitrogens with one attached hydrogen (secondary N) is 1. The monoisotopic (exact) mass is 230 g/mol. The van der Waals surface area contributed by atoms with Crippen LogP contribution >= 0.6 is 0 Å². The van der Waals surface area contributed by atoms with Crippen molar-refractivity contribution in [1.29, 1.82) is 0 Å². The average molecular weight is 230 g/mol. The van der Waals surface area contributed by atoms with Crippen molar-refractivity contribution >= 4 is 0 Å². The highest BCUT2D eigenvalue weighted by molar-refractivity contribution is 4.64. The van der Waals surface area contributed by atoms with E-state index < -0.39 is 0 Å². The molecule has 16 heavy (non-hydrogen) atoms. The van der Waals surface area contributed by atoms with Crippen LogP contribution in [0.2, 0.25) is 0 Å². The predicted octanol–water partition coefficient (Wildman–Crippen LogP) is 2.12. The normalized spacial score (nSPS) is 13.7. The van der Waals surface area contributed by atoms with Crippen LogP contribution in [0.4, 0.5) is 0 Å². The van der Waals surface area contributed by atoms with E-state index in [9.17, 15) is 0 Å². The van der Waals surface area contributed by atoms with Gasteiger partial charge in [-0.25, -0.2) is 0 Å². The molecule has 1 atom stereocenters. The van der Waals surface area contributed by atoms with Crippen molar-refractivity contribution in [3.8, 4) is 0 Å². The van der Waals surface area contributed by atoms with Crippen LogP contribution in [0.3, 0.4) is 0 Å². The second-order valence-electron chi connectivity index (χ2n) is 4.78. The summed E-state index contributed by atoms with van der Waals surface area (Å²) in [5.41, 5.74) is 0. The maximum absolute atomic E-state index is 5.36. The Bertz CT molecular complexity index is 151. The van der Waals surface area contributed by atoms with Gasteiger partial charge in [-0.05, 0) is 40.3 Å². The van der Waals surface area contributed by atoms with Crippen LogP contribution in [0.15, 0.2) is 0 Å². The molecule has 0 heterocycles. The van der Waals surface area contributed by atoms with Gasteiger partial charge in [-0.15, -0.1) is 0 Å². The summed E-state index contributed by atoms with van der Waals surface area (Å²) in [6.45, 7) is 12.5. The summed E-state index contributed by atoms with van der Waals surface area (Å²) >= 11 is 0. The topological polar surface area (TPSA) is 24.5 Å². The minimum absolute atomic E-state index is 0.603. The lowest BCUT2D eigenvalue weighted by atomic mass is 10.1. The standard InChI is InChI=1S/C13H30N2O/c1-6-16-11-10-15(5)13(4)8-7-9-14-12(2)3/h12-14H,6-11H2,1-5H3. The molecule has 1 unspecified atom stereocenters. The van der Waals surface area contributed by atoms with E-state index in [0.717, 1.165) is 26.3 Å². The number of ether oxygens (including phenoxy) is 1. The minimum atomic E-state index is 0.603. The Labute approximate surface area is 102 Å². The predicted molar refractivity (Wildman–Crippen MR) is 71.0 cm³/mol. The Hall–Kier alpha value is -0.120. The second-order valence-corrected chi connectivity index (χ2v) is 4.78. The van der Waals surface area contributed by atoms with Crippen molar-refractivity contribution in [1.82, 2.24) is 10.2 Å². The zero-order chi connectivity index (χ0) is 12.4. The maximum atomic E-state index is 5.36. The van der Waals surface area contributed by atoms with Gasteiger partial charge in [-0.1, -0.05) is 13.8 Å². The molecule has 0 bridgehead atoms. The summed E-state index contributed by atoms with van der Waals surface area (Å²) < 4.78 is 5.36. The summed E-state index contributed by atoms with van der Waals surface area (Å²) in [4.78, 5) is 2.38. The lowest BCUT2D eigenvalue weighted by Crippen LogP contribution is -2.33. The van der Waals surface area contributed by atoms with Crippen molar-refractivity contribution in [3.63, 3.8) is 0 Å². The molecule has 0 fully saturated rings.